The van der Waals surface area contributed by atoms with Gasteiger partial charge in [-0.25, -0.2) is 4.99 Å². The Morgan fingerprint density at radius 1 is 0.464 bits per heavy atom. The molecule has 5 heteroatoms. The summed E-state index contributed by atoms with van der Waals surface area (Å²) in [6.45, 7) is 0. The largest absolute Gasteiger partial charge is 0.350 e. The van der Waals surface area contributed by atoms with Gasteiger partial charge in [-0.2, -0.15) is 0 Å². The molecule has 0 aliphatic carbocycles. The van der Waals surface area contributed by atoms with E-state index in [2.05, 4.69) is 209 Å². The molecular formula is C51H36N4S. The molecule has 0 radical (unpaired) electrons. The van der Waals surface area contributed by atoms with Gasteiger partial charge in [-0.05, 0) is 81.9 Å². The van der Waals surface area contributed by atoms with E-state index in [0.29, 0.717) is 0 Å². The molecule has 266 valence electrons. The van der Waals surface area contributed by atoms with Crippen molar-refractivity contribution in [3.8, 4) is 27.9 Å². The third-order valence-electron chi connectivity index (χ3n) is 11.1. The van der Waals surface area contributed by atoms with Crippen molar-refractivity contribution < 1.29 is 0 Å². The van der Waals surface area contributed by atoms with Gasteiger partial charge in [0.2, 0.25) is 0 Å². The molecule has 4 nitrogen and oxygen atoms in total. The highest BCUT2D eigenvalue weighted by Gasteiger charge is 2.26. The molecule has 0 bridgehead atoms. The number of thiophene rings is 1. The molecular weight excluding hydrogens is 701 g/mol. The van der Waals surface area contributed by atoms with E-state index in [-0.39, 0.29) is 12.3 Å². The van der Waals surface area contributed by atoms with Gasteiger partial charge in [-0.3, -0.25) is 5.32 Å². The van der Waals surface area contributed by atoms with E-state index in [1.54, 1.807) is 0 Å². The van der Waals surface area contributed by atoms with Crippen LogP contribution in [0.5, 0.6) is 0 Å². The molecule has 3 heterocycles. The van der Waals surface area contributed by atoms with Crippen LogP contribution in [0, 0.1) is 0 Å². The number of amidine groups is 1. The summed E-state index contributed by atoms with van der Waals surface area (Å²) in [5.74, 6) is 0.861. The van der Waals surface area contributed by atoms with E-state index in [9.17, 15) is 0 Å². The van der Waals surface area contributed by atoms with E-state index in [1.165, 1.54) is 64.2 Å². The molecule has 10 aromatic rings. The second-order valence-corrected chi connectivity index (χ2v) is 15.5. The van der Waals surface area contributed by atoms with Gasteiger partial charge in [0, 0.05) is 42.2 Å². The van der Waals surface area contributed by atoms with E-state index in [0.717, 1.165) is 28.2 Å². The lowest BCUT2D eigenvalue weighted by molar-refractivity contribution is 0.409. The van der Waals surface area contributed by atoms with Gasteiger partial charge in [0.1, 0.15) is 18.2 Å². The van der Waals surface area contributed by atoms with Gasteiger partial charge in [-0.1, -0.05) is 146 Å². The quantitative estimate of drug-likeness (QED) is 0.178. The van der Waals surface area contributed by atoms with Gasteiger partial charge in [0.25, 0.3) is 0 Å². The zero-order valence-corrected chi connectivity index (χ0v) is 31.2. The Labute approximate surface area is 329 Å². The summed E-state index contributed by atoms with van der Waals surface area (Å²) in [7, 11) is 0. The first-order valence-electron chi connectivity index (χ1n) is 19.1. The van der Waals surface area contributed by atoms with Crippen LogP contribution < -0.4 is 10.6 Å². The molecule has 8 aromatic carbocycles. The number of para-hydroxylation sites is 1. The van der Waals surface area contributed by atoms with Crippen LogP contribution in [0.15, 0.2) is 199 Å². The molecule has 11 rings (SSSR count). The van der Waals surface area contributed by atoms with Gasteiger partial charge in [0.05, 0.1) is 11.0 Å². The normalized spacial score (nSPS) is 15.7. The number of hydrogen-bond acceptors (Lipinski definition) is 4. The minimum absolute atomic E-state index is 0.116. The number of nitrogens with zero attached hydrogens (tertiary/aromatic N) is 2. The summed E-state index contributed by atoms with van der Waals surface area (Å²) in [6.07, 6.45) is -0.351. The fraction of sp³-hybridized carbons (Fsp3) is 0.0392. The number of nitrogens with one attached hydrogen (secondary N) is 2. The van der Waals surface area contributed by atoms with Crippen molar-refractivity contribution in [2.45, 2.75) is 12.3 Å². The van der Waals surface area contributed by atoms with Crippen molar-refractivity contribution in [1.82, 2.24) is 15.2 Å². The van der Waals surface area contributed by atoms with Crippen molar-refractivity contribution in [2.75, 3.05) is 0 Å². The first-order valence-corrected chi connectivity index (χ1v) is 19.9. The monoisotopic (exact) mass is 736 g/mol. The van der Waals surface area contributed by atoms with Crippen LogP contribution in [0.2, 0.25) is 0 Å². The maximum absolute atomic E-state index is 5.30. The Morgan fingerprint density at radius 3 is 1.98 bits per heavy atom. The van der Waals surface area contributed by atoms with Gasteiger partial charge < -0.3 is 9.88 Å². The molecule has 2 atom stereocenters. The molecule has 2 aromatic heterocycles. The number of rotatable bonds is 6. The Morgan fingerprint density at radius 2 is 1.12 bits per heavy atom. The molecule has 0 saturated heterocycles. The van der Waals surface area contributed by atoms with Crippen molar-refractivity contribution in [3.63, 3.8) is 0 Å². The van der Waals surface area contributed by atoms with Crippen molar-refractivity contribution >= 4 is 59.2 Å². The molecule has 0 spiro atoms. The maximum Gasteiger partial charge on any atom is 0.131 e. The summed E-state index contributed by atoms with van der Waals surface area (Å²) >= 11 is 1.88. The predicted octanol–water partition coefficient (Wildman–Crippen LogP) is 12.8. The lowest BCUT2D eigenvalue weighted by Crippen LogP contribution is -2.44. The Hall–Kier alpha value is -6.79. The lowest BCUT2D eigenvalue weighted by atomic mass is 10.0. The number of hydrogen-bond donors (Lipinski definition) is 2. The second-order valence-electron chi connectivity index (χ2n) is 14.4. The Kier molecular flexibility index (Phi) is 7.87. The summed E-state index contributed by atoms with van der Waals surface area (Å²) in [6, 6.07) is 69.8. The maximum atomic E-state index is 5.30. The van der Waals surface area contributed by atoms with Crippen LogP contribution in [-0.4, -0.2) is 10.4 Å². The molecule has 0 saturated carbocycles. The van der Waals surface area contributed by atoms with Crippen LogP contribution in [0.25, 0.3) is 69.9 Å². The molecule has 56 heavy (non-hydrogen) atoms. The molecule has 2 unspecified atom stereocenters. The molecule has 0 fully saturated rings. The zero-order valence-electron chi connectivity index (χ0n) is 30.4. The fourth-order valence-corrected chi connectivity index (χ4v) is 9.61. The number of aliphatic imine (C=N–C) groups is 1. The average Bonchev–Trinajstić information content (AvgIpc) is 3.83. The second kappa shape index (κ2) is 13.5. The van der Waals surface area contributed by atoms with E-state index in [4.69, 9.17) is 4.99 Å². The topological polar surface area (TPSA) is 41.4 Å². The van der Waals surface area contributed by atoms with E-state index in [1.807, 2.05) is 11.3 Å². The van der Waals surface area contributed by atoms with Crippen LogP contribution in [0.4, 0.5) is 0 Å². The van der Waals surface area contributed by atoms with Crippen molar-refractivity contribution in [3.05, 3.63) is 211 Å². The van der Waals surface area contributed by atoms with Crippen LogP contribution in [0.3, 0.4) is 0 Å². The SMILES string of the molecule is c1ccc(-c2cccc(C3N=C(c4ccc(-n5c6ccccc6c6ccc(-c7cccc8c7sc7ccccc78)cc65)cc4)NC(c4ccccc4)N3)c2)cc1. The minimum atomic E-state index is -0.235. The molecule has 1 aliphatic rings. The van der Waals surface area contributed by atoms with Crippen molar-refractivity contribution in [2.24, 2.45) is 4.99 Å². The Balaban J connectivity index is 1.00. The predicted molar refractivity (Wildman–Crippen MR) is 236 cm³/mol. The third-order valence-corrected chi connectivity index (χ3v) is 12.3. The van der Waals surface area contributed by atoms with Gasteiger partial charge in [-0.15, -0.1) is 11.3 Å². The standard InChI is InChI=1S/C51H36N4S/c1-3-13-33(14-4-1)36-17-11-18-38(31-36)51-53-49(34-15-5-2-6-16-34)52-50(54-51)35-25-28-39(29-26-35)55-45-23-9-7-19-41(45)42-30-27-37(32-46(42)55)40-21-12-22-44-43-20-8-10-24-47(43)56-48(40)44/h1-32,49,51,53H,(H,52,54). The molecule has 2 N–H and O–H groups in total. The van der Waals surface area contributed by atoms with Crippen LogP contribution in [-0.2, 0) is 0 Å². The molecule has 1 aliphatic heterocycles. The van der Waals surface area contributed by atoms with Crippen LogP contribution >= 0.6 is 11.3 Å². The van der Waals surface area contributed by atoms with Crippen LogP contribution in [0.1, 0.15) is 29.0 Å². The Bertz CT molecular complexity index is 3090. The lowest BCUT2D eigenvalue weighted by Gasteiger charge is -2.32. The van der Waals surface area contributed by atoms with Crippen molar-refractivity contribution in [1.29, 1.82) is 0 Å². The highest BCUT2D eigenvalue weighted by molar-refractivity contribution is 7.26. The summed E-state index contributed by atoms with van der Waals surface area (Å²) < 4.78 is 5.06. The minimum Gasteiger partial charge on any atom is -0.350 e. The highest BCUT2D eigenvalue weighted by Crippen LogP contribution is 2.42. The zero-order chi connectivity index (χ0) is 37.0. The highest BCUT2D eigenvalue weighted by atomic mass is 32.1. The first-order chi connectivity index (χ1) is 27.7. The third kappa shape index (κ3) is 5.60. The summed E-state index contributed by atoms with van der Waals surface area (Å²) in [4.78, 5) is 5.30. The van der Waals surface area contributed by atoms with E-state index < -0.39 is 0 Å². The average molecular weight is 737 g/mol. The first kappa shape index (κ1) is 32.6. The molecule has 0 amide bonds. The van der Waals surface area contributed by atoms with Gasteiger partial charge >= 0.3 is 0 Å². The number of aromatic nitrogens is 1. The van der Waals surface area contributed by atoms with E-state index >= 15 is 0 Å². The number of fused-ring (bicyclic) bond motifs is 6. The smallest absolute Gasteiger partial charge is 0.131 e. The fourth-order valence-electron chi connectivity index (χ4n) is 8.37. The summed E-state index contributed by atoms with van der Waals surface area (Å²) in [5.41, 5.74) is 11.7. The van der Waals surface area contributed by atoms with Gasteiger partial charge in [0.15, 0.2) is 0 Å². The number of benzene rings is 8. The summed E-state index contributed by atoms with van der Waals surface area (Å²) in [5, 5.41) is 12.6.